The SMILES string of the molecule is CCCCCC1(C(=O)OC)CCC(c2ccc(-c3ccc([C@H]4CC[C@H](CCC)CC4)cc3)cc2)CC1. The molecule has 0 amide bonds. The summed E-state index contributed by atoms with van der Waals surface area (Å²) in [5.74, 6) is 2.28. The molecule has 2 saturated carbocycles. The summed E-state index contributed by atoms with van der Waals surface area (Å²) < 4.78 is 5.25. The summed E-state index contributed by atoms with van der Waals surface area (Å²) in [6, 6.07) is 18.6. The average Bonchev–Trinajstić information content (AvgIpc) is 2.94. The molecule has 36 heavy (non-hydrogen) atoms. The number of hydrogen-bond donors (Lipinski definition) is 0. The highest BCUT2D eigenvalue weighted by atomic mass is 16.5. The number of ether oxygens (including phenoxy) is 1. The Kier molecular flexibility index (Phi) is 9.68. The molecule has 0 bridgehead atoms. The number of hydrogen-bond acceptors (Lipinski definition) is 2. The lowest BCUT2D eigenvalue weighted by atomic mass is 9.66. The molecule has 0 atom stereocenters. The van der Waals surface area contributed by atoms with E-state index in [1.807, 2.05) is 0 Å². The number of rotatable bonds is 10. The number of esters is 1. The smallest absolute Gasteiger partial charge is 0.311 e. The first kappa shape index (κ1) is 27.0. The minimum atomic E-state index is -0.253. The van der Waals surface area contributed by atoms with Crippen LogP contribution in [0.1, 0.15) is 127 Å². The van der Waals surface area contributed by atoms with E-state index in [9.17, 15) is 4.79 Å². The number of carbonyl (C=O) groups is 1. The van der Waals surface area contributed by atoms with Crippen molar-refractivity contribution in [1.82, 2.24) is 0 Å². The second-order valence-corrected chi connectivity index (χ2v) is 11.8. The molecule has 0 radical (unpaired) electrons. The van der Waals surface area contributed by atoms with Crippen LogP contribution in [0.5, 0.6) is 0 Å². The van der Waals surface area contributed by atoms with Crippen molar-refractivity contribution in [2.24, 2.45) is 11.3 Å². The minimum absolute atomic E-state index is 0.0184. The molecule has 2 nitrogen and oxygen atoms in total. The van der Waals surface area contributed by atoms with Gasteiger partial charge in [0, 0.05) is 0 Å². The zero-order valence-corrected chi connectivity index (χ0v) is 23.1. The normalized spacial score (nSPS) is 26.5. The van der Waals surface area contributed by atoms with Crippen LogP contribution in [0.25, 0.3) is 11.1 Å². The highest BCUT2D eigenvalue weighted by molar-refractivity contribution is 5.77. The van der Waals surface area contributed by atoms with Crippen LogP contribution in [0, 0.1) is 11.3 Å². The molecule has 2 heteroatoms. The molecule has 2 aromatic rings. The van der Waals surface area contributed by atoms with Crippen LogP contribution in [0.3, 0.4) is 0 Å². The van der Waals surface area contributed by atoms with Gasteiger partial charge in [-0.05, 0) is 97.8 Å². The Labute approximate surface area is 220 Å². The van der Waals surface area contributed by atoms with Gasteiger partial charge in [-0.25, -0.2) is 0 Å². The van der Waals surface area contributed by atoms with Gasteiger partial charge in [-0.15, -0.1) is 0 Å². The lowest BCUT2D eigenvalue weighted by Crippen LogP contribution is -2.36. The van der Waals surface area contributed by atoms with Gasteiger partial charge in [0.05, 0.1) is 12.5 Å². The van der Waals surface area contributed by atoms with Crippen molar-refractivity contribution in [3.63, 3.8) is 0 Å². The van der Waals surface area contributed by atoms with Crippen LogP contribution in [-0.2, 0) is 9.53 Å². The topological polar surface area (TPSA) is 26.3 Å². The molecule has 2 aliphatic rings. The van der Waals surface area contributed by atoms with Gasteiger partial charge in [-0.3, -0.25) is 4.79 Å². The highest BCUT2D eigenvalue weighted by Crippen LogP contribution is 2.47. The summed E-state index contributed by atoms with van der Waals surface area (Å²) in [7, 11) is 1.55. The van der Waals surface area contributed by atoms with Crippen molar-refractivity contribution >= 4 is 5.97 Å². The first-order chi connectivity index (χ1) is 17.6. The van der Waals surface area contributed by atoms with Gasteiger partial charge in [0.2, 0.25) is 0 Å². The van der Waals surface area contributed by atoms with E-state index in [-0.39, 0.29) is 11.4 Å². The van der Waals surface area contributed by atoms with Gasteiger partial charge in [0.1, 0.15) is 0 Å². The summed E-state index contributed by atoms with van der Waals surface area (Å²) in [6.45, 7) is 4.54. The quantitative estimate of drug-likeness (QED) is 0.246. The van der Waals surface area contributed by atoms with Crippen LogP contribution in [0.2, 0.25) is 0 Å². The Morgan fingerprint density at radius 3 is 1.75 bits per heavy atom. The second-order valence-electron chi connectivity index (χ2n) is 11.8. The summed E-state index contributed by atoms with van der Waals surface area (Å²) in [5.41, 5.74) is 5.31. The van der Waals surface area contributed by atoms with Crippen LogP contribution in [-0.4, -0.2) is 13.1 Å². The van der Waals surface area contributed by atoms with E-state index in [0.717, 1.165) is 50.4 Å². The number of carbonyl (C=O) groups excluding carboxylic acids is 1. The molecule has 0 N–H and O–H groups in total. The zero-order chi connectivity index (χ0) is 25.4. The Hall–Kier alpha value is -2.09. The van der Waals surface area contributed by atoms with E-state index in [1.54, 1.807) is 7.11 Å². The molecule has 4 rings (SSSR count). The first-order valence-corrected chi connectivity index (χ1v) is 14.9. The Morgan fingerprint density at radius 2 is 1.28 bits per heavy atom. The summed E-state index contributed by atoms with van der Waals surface area (Å²) in [6.07, 6.45) is 16.8. The predicted octanol–water partition coefficient (Wildman–Crippen LogP) is 9.82. The molecule has 0 spiro atoms. The van der Waals surface area contributed by atoms with Gasteiger partial charge in [-0.1, -0.05) is 94.5 Å². The average molecular weight is 489 g/mol. The largest absolute Gasteiger partial charge is 0.469 e. The maximum Gasteiger partial charge on any atom is 0.311 e. The zero-order valence-electron chi connectivity index (χ0n) is 23.1. The van der Waals surface area contributed by atoms with Gasteiger partial charge in [0.25, 0.3) is 0 Å². The van der Waals surface area contributed by atoms with E-state index in [1.165, 1.54) is 73.6 Å². The molecule has 2 fully saturated rings. The molecule has 0 aromatic heterocycles. The van der Waals surface area contributed by atoms with Crippen molar-refractivity contribution in [3.05, 3.63) is 59.7 Å². The van der Waals surface area contributed by atoms with Gasteiger partial charge in [0.15, 0.2) is 0 Å². The number of methoxy groups -OCH3 is 1. The van der Waals surface area contributed by atoms with Gasteiger partial charge >= 0.3 is 5.97 Å². The van der Waals surface area contributed by atoms with E-state index in [4.69, 9.17) is 4.74 Å². The molecular formula is C34H48O2. The molecule has 0 aliphatic heterocycles. The molecule has 2 aliphatic carbocycles. The van der Waals surface area contributed by atoms with Crippen molar-refractivity contribution in [3.8, 4) is 11.1 Å². The van der Waals surface area contributed by atoms with E-state index in [0.29, 0.717) is 5.92 Å². The molecule has 0 heterocycles. The molecule has 0 saturated heterocycles. The van der Waals surface area contributed by atoms with Crippen LogP contribution in [0.4, 0.5) is 0 Å². The lowest BCUT2D eigenvalue weighted by Gasteiger charge is -2.38. The van der Waals surface area contributed by atoms with Crippen molar-refractivity contribution in [2.75, 3.05) is 7.11 Å². The fourth-order valence-corrected chi connectivity index (χ4v) is 7.08. The highest BCUT2D eigenvalue weighted by Gasteiger charge is 2.42. The molecule has 0 unspecified atom stereocenters. The Bertz CT molecular complexity index is 926. The predicted molar refractivity (Wildman–Crippen MR) is 151 cm³/mol. The Morgan fingerprint density at radius 1 is 0.750 bits per heavy atom. The maximum absolute atomic E-state index is 12.7. The second kappa shape index (κ2) is 12.9. The third kappa shape index (κ3) is 6.42. The Balaban J connectivity index is 1.34. The minimum Gasteiger partial charge on any atom is -0.469 e. The molecule has 196 valence electrons. The van der Waals surface area contributed by atoms with E-state index in [2.05, 4.69) is 62.4 Å². The molecular weight excluding hydrogens is 440 g/mol. The summed E-state index contributed by atoms with van der Waals surface area (Å²) in [5, 5.41) is 0. The van der Waals surface area contributed by atoms with Crippen LogP contribution >= 0.6 is 0 Å². The number of benzene rings is 2. The maximum atomic E-state index is 12.7. The third-order valence-electron chi connectivity index (χ3n) is 9.46. The van der Waals surface area contributed by atoms with Crippen molar-refractivity contribution in [2.45, 2.75) is 116 Å². The summed E-state index contributed by atoms with van der Waals surface area (Å²) >= 11 is 0. The fraction of sp³-hybridized carbons (Fsp3) is 0.618. The van der Waals surface area contributed by atoms with Gasteiger partial charge in [-0.2, -0.15) is 0 Å². The van der Waals surface area contributed by atoms with Crippen LogP contribution < -0.4 is 0 Å². The number of unbranched alkanes of at least 4 members (excludes halogenated alkanes) is 2. The van der Waals surface area contributed by atoms with Crippen LogP contribution in [0.15, 0.2) is 48.5 Å². The van der Waals surface area contributed by atoms with E-state index < -0.39 is 0 Å². The third-order valence-corrected chi connectivity index (χ3v) is 9.46. The summed E-state index contributed by atoms with van der Waals surface area (Å²) in [4.78, 5) is 12.7. The monoisotopic (exact) mass is 488 g/mol. The van der Waals surface area contributed by atoms with E-state index >= 15 is 0 Å². The molecule has 2 aromatic carbocycles. The van der Waals surface area contributed by atoms with Crippen molar-refractivity contribution in [1.29, 1.82) is 0 Å². The fourth-order valence-electron chi connectivity index (χ4n) is 7.08. The van der Waals surface area contributed by atoms with Gasteiger partial charge < -0.3 is 4.74 Å². The lowest BCUT2D eigenvalue weighted by molar-refractivity contribution is -0.155. The van der Waals surface area contributed by atoms with Crippen molar-refractivity contribution < 1.29 is 9.53 Å². The standard InChI is InChI=1S/C34H48O2/c1-4-6-7-23-34(33(35)36-3)24-21-32(22-25-34)31-19-17-30(18-20-31)29-15-13-28(14-16-29)27-11-9-26(8-5-2)10-12-27/h13-20,26-27,32H,4-12,21-25H2,1-3H3/t26-,27-,32?,34?. The first-order valence-electron chi connectivity index (χ1n) is 14.9.